The van der Waals surface area contributed by atoms with Crippen LogP contribution in [-0.4, -0.2) is 26.6 Å². The predicted octanol–water partition coefficient (Wildman–Crippen LogP) is 4.76. The van der Waals surface area contributed by atoms with Crippen molar-refractivity contribution in [2.75, 3.05) is 7.11 Å². The first-order valence-corrected chi connectivity index (χ1v) is 12.6. The van der Waals surface area contributed by atoms with Crippen molar-refractivity contribution in [2.45, 2.75) is 38.7 Å². The monoisotopic (exact) mass is 510 g/mol. The first kappa shape index (κ1) is 25.1. The van der Waals surface area contributed by atoms with Gasteiger partial charge in [-0.25, -0.2) is 13.1 Å². The number of furan rings is 1. The molecule has 1 N–H and O–H groups in total. The van der Waals surface area contributed by atoms with Crippen molar-refractivity contribution < 1.29 is 31.6 Å². The summed E-state index contributed by atoms with van der Waals surface area (Å²) in [6, 6.07) is 9.11. The Morgan fingerprint density at radius 1 is 1.08 bits per heavy atom. The molecule has 10 heteroatoms. The number of sulfonamides is 1. The minimum atomic E-state index is -4.17. The van der Waals surface area contributed by atoms with Crippen LogP contribution in [0.5, 0.6) is 5.75 Å². The van der Waals surface area contributed by atoms with Gasteiger partial charge in [0, 0.05) is 5.56 Å². The number of rotatable bonds is 8. The van der Waals surface area contributed by atoms with Crippen molar-refractivity contribution in [3.63, 3.8) is 0 Å². The maximum absolute atomic E-state index is 12.6. The van der Waals surface area contributed by atoms with E-state index in [1.807, 2.05) is 47.2 Å². The van der Waals surface area contributed by atoms with Crippen LogP contribution in [-0.2, 0) is 21.4 Å². The van der Waals surface area contributed by atoms with E-state index in [1.54, 1.807) is 14.0 Å². The number of benzene rings is 1. The lowest BCUT2D eigenvalue weighted by molar-refractivity contribution is 0.0953. The zero-order valence-corrected chi connectivity index (χ0v) is 21.1. The maximum Gasteiger partial charge on any atom is 0.300 e. The van der Waals surface area contributed by atoms with Crippen molar-refractivity contribution in [1.82, 2.24) is 9.88 Å². The average Bonchev–Trinajstić information content (AvgIpc) is 3.29. The molecule has 0 spiro atoms. The molecule has 36 heavy (non-hydrogen) atoms. The van der Waals surface area contributed by atoms with Gasteiger partial charge in [0.05, 0.1) is 7.11 Å². The number of carbonyl (C=O) groups is 1. The molecule has 0 aliphatic heterocycles. The number of nitrogens with zero attached hydrogens (tertiary/aromatic N) is 1. The lowest BCUT2D eigenvalue weighted by Crippen LogP contribution is -2.31. The average molecular weight is 511 g/mol. The minimum Gasteiger partial charge on any atom is -0.497 e. The van der Waals surface area contributed by atoms with Crippen molar-refractivity contribution in [2.24, 2.45) is 0 Å². The molecule has 4 rings (SSSR count). The van der Waals surface area contributed by atoms with E-state index < -0.39 is 15.9 Å². The van der Waals surface area contributed by atoms with E-state index in [0.717, 1.165) is 23.3 Å². The number of carbonyl (C=O) groups excluding carboxylic acids is 1. The Balaban J connectivity index is 1.40. The van der Waals surface area contributed by atoms with Crippen LogP contribution >= 0.6 is 0 Å². The normalized spacial score (nSPS) is 13.6. The highest BCUT2D eigenvalue weighted by molar-refractivity contribution is 7.90. The van der Waals surface area contributed by atoms with Gasteiger partial charge in [-0.15, -0.1) is 0 Å². The third-order valence-corrected chi connectivity index (χ3v) is 7.18. The van der Waals surface area contributed by atoms with E-state index in [9.17, 15) is 13.2 Å². The van der Waals surface area contributed by atoms with E-state index in [4.69, 9.17) is 18.4 Å². The summed E-state index contributed by atoms with van der Waals surface area (Å²) in [5.74, 6) is 0.955. The van der Waals surface area contributed by atoms with Crippen molar-refractivity contribution >= 4 is 21.5 Å². The standard InChI is InChI=1S/C26H26N2O7S/c1-16-25(18(3)35-27-16)36(30,31)28-26(29)24-14-21(17(2)34-24)15-33-23-12-9-20(10-13-23)19-6-5-7-22(32-4)11-8-19/h6-14H,5,15H2,1-4H3,(H,28,29). The van der Waals surface area contributed by atoms with E-state index in [0.29, 0.717) is 17.1 Å². The van der Waals surface area contributed by atoms with Gasteiger partial charge in [0.1, 0.15) is 29.6 Å². The Bertz CT molecular complexity index is 1450. The molecule has 3 aromatic rings. The van der Waals surface area contributed by atoms with Gasteiger partial charge in [-0.3, -0.25) is 4.79 Å². The smallest absolute Gasteiger partial charge is 0.300 e. The molecular formula is C26H26N2O7S. The van der Waals surface area contributed by atoms with E-state index >= 15 is 0 Å². The quantitative estimate of drug-likeness (QED) is 0.460. The summed E-state index contributed by atoms with van der Waals surface area (Å²) in [7, 11) is -2.53. The molecule has 188 valence electrons. The van der Waals surface area contributed by atoms with Crippen LogP contribution in [0.3, 0.4) is 0 Å². The predicted molar refractivity (Wildman–Crippen MR) is 132 cm³/mol. The third kappa shape index (κ3) is 5.44. The number of methoxy groups -OCH3 is 1. The zero-order valence-electron chi connectivity index (χ0n) is 20.3. The largest absolute Gasteiger partial charge is 0.497 e. The highest BCUT2D eigenvalue weighted by Gasteiger charge is 2.28. The fraction of sp³-hybridized carbons (Fsp3) is 0.231. The molecule has 1 aromatic carbocycles. The number of ether oxygens (including phenoxy) is 2. The Kier molecular flexibility index (Phi) is 7.16. The van der Waals surface area contributed by atoms with Crippen LogP contribution in [0.25, 0.3) is 5.57 Å². The number of hydrogen-bond acceptors (Lipinski definition) is 8. The highest BCUT2D eigenvalue weighted by atomic mass is 32.2. The van der Waals surface area contributed by atoms with Gasteiger partial charge >= 0.3 is 5.91 Å². The number of nitrogens with one attached hydrogen (secondary N) is 1. The number of hydrogen-bond donors (Lipinski definition) is 1. The van der Waals surface area contributed by atoms with Crippen LogP contribution < -0.4 is 9.46 Å². The third-order valence-electron chi connectivity index (χ3n) is 5.61. The number of aryl methyl sites for hydroxylation is 3. The van der Waals surface area contributed by atoms with Crippen LogP contribution in [0.1, 0.15) is 45.3 Å². The van der Waals surface area contributed by atoms with Gasteiger partial charge in [0.2, 0.25) is 0 Å². The van der Waals surface area contributed by atoms with E-state index in [-0.39, 0.29) is 28.7 Å². The molecule has 9 nitrogen and oxygen atoms in total. The molecule has 2 heterocycles. The Labute approximate surface area is 209 Å². The molecule has 0 unspecified atom stereocenters. The molecule has 0 saturated carbocycles. The number of amides is 1. The molecule has 0 atom stereocenters. The summed E-state index contributed by atoms with van der Waals surface area (Å²) < 4.78 is 48.7. The summed E-state index contributed by atoms with van der Waals surface area (Å²) in [6.07, 6.45) is 8.84. The van der Waals surface area contributed by atoms with Gasteiger partial charge in [0.25, 0.3) is 10.0 Å². The Morgan fingerprint density at radius 2 is 1.83 bits per heavy atom. The van der Waals surface area contributed by atoms with Crippen molar-refractivity contribution in [3.8, 4) is 5.75 Å². The lowest BCUT2D eigenvalue weighted by Gasteiger charge is -2.07. The van der Waals surface area contributed by atoms with Gasteiger partial charge in [-0.1, -0.05) is 29.4 Å². The summed E-state index contributed by atoms with van der Waals surface area (Å²) >= 11 is 0. The lowest BCUT2D eigenvalue weighted by atomic mass is 10.0. The molecule has 0 saturated heterocycles. The molecule has 0 radical (unpaired) electrons. The number of aromatic nitrogens is 1. The van der Waals surface area contributed by atoms with Crippen LogP contribution in [0.2, 0.25) is 0 Å². The van der Waals surface area contributed by atoms with Crippen LogP contribution in [0.4, 0.5) is 0 Å². The summed E-state index contributed by atoms with van der Waals surface area (Å²) in [6.45, 7) is 4.75. The van der Waals surface area contributed by atoms with Gasteiger partial charge in [-0.2, -0.15) is 0 Å². The Hall–Kier alpha value is -4.05. The van der Waals surface area contributed by atoms with Crippen LogP contribution in [0, 0.1) is 20.8 Å². The van der Waals surface area contributed by atoms with Crippen LogP contribution in [0.15, 0.2) is 74.2 Å². The fourth-order valence-corrected chi connectivity index (χ4v) is 5.03. The van der Waals surface area contributed by atoms with E-state index in [2.05, 4.69) is 11.2 Å². The van der Waals surface area contributed by atoms with Crippen molar-refractivity contribution in [3.05, 3.63) is 94.5 Å². The molecule has 1 amide bonds. The molecule has 0 bridgehead atoms. The molecule has 1 aliphatic carbocycles. The first-order chi connectivity index (χ1) is 17.2. The fourth-order valence-electron chi connectivity index (χ4n) is 3.74. The number of allylic oxidation sites excluding steroid dienone is 5. The van der Waals surface area contributed by atoms with Gasteiger partial charge in [-0.05, 0) is 68.7 Å². The molecular weight excluding hydrogens is 484 g/mol. The molecule has 1 aliphatic rings. The second-order valence-corrected chi connectivity index (χ2v) is 9.75. The zero-order chi connectivity index (χ0) is 25.9. The minimum absolute atomic E-state index is 0.0891. The summed E-state index contributed by atoms with van der Waals surface area (Å²) in [4.78, 5) is 12.4. The van der Waals surface area contributed by atoms with Gasteiger partial charge in [0.15, 0.2) is 16.4 Å². The summed E-state index contributed by atoms with van der Waals surface area (Å²) in [5, 5.41) is 3.62. The SMILES string of the molecule is COC1=CCC=C(c2ccc(OCc3cc(C(=O)NS(=O)(=O)c4c(C)noc4C)oc3C)cc2)C=C1. The second kappa shape index (κ2) is 10.3. The maximum atomic E-state index is 12.6. The summed E-state index contributed by atoms with van der Waals surface area (Å²) in [5.41, 5.74) is 2.90. The highest BCUT2D eigenvalue weighted by Crippen LogP contribution is 2.25. The topological polar surface area (TPSA) is 121 Å². The molecule has 2 aromatic heterocycles. The van der Waals surface area contributed by atoms with Gasteiger partial charge < -0.3 is 18.4 Å². The van der Waals surface area contributed by atoms with E-state index in [1.165, 1.54) is 19.9 Å². The van der Waals surface area contributed by atoms with Crippen molar-refractivity contribution in [1.29, 1.82) is 0 Å². The molecule has 0 fully saturated rings. The first-order valence-electron chi connectivity index (χ1n) is 11.1. The Morgan fingerprint density at radius 3 is 2.50 bits per heavy atom. The second-order valence-electron chi connectivity index (χ2n) is 8.13.